The van der Waals surface area contributed by atoms with Gasteiger partial charge in [-0.05, 0) is 23.8 Å². The molecular formula is C21H26ClN3O3. The van der Waals surface area contributed by atoms with Crippen LogP contribution in [0.25, 0.3) is 0 Å². The molecule has 1 aliphatic rings. The Bertz CT molecular complexity index is 821. The van der Waals surface area contributed by atoms with Gasteiger partial charge in [-0.3, -0.25) is 9.91 Å². The molecule has 0 unspecified atom stereocenters. The standard InChI is InChI=1S/C21H26ClN3O3/c1-26-19-9-8-16(20(27-2)21(19)28-3)14-23-25-12-10-24(11-13-25)15-17-6-4-5-7-18(17)22/h4-9,14H,10-13,15H2,1-3H3. The van der Waals surface area contributed by atoms with Crippen molar-refractivity contribution in [3.05, 3.63) is 52.5 Å². The minimum Gasteiger partial charge on any atom is -0.493 e. The van der Waals surface area contributed by atoms with Crippen LogP contribution in [-0.2, 0) is 6.54 Å². The highest BCUT2D eigenvalue weighted by molar-refractivity contribution is 6.31. The molecule has 0 bridgehead atoms. The van der Waals surface area contributed by atoms with E-state index in [1.54, 1.807) is 21.3 Å². The van der Waals surface area contributed by atoms with Gasteiger partial charge in [0.2, 0.25) is 5.75 Å². The zero-order valence-corrected chi connectivity index (χ0v) is 17.3. The molecule has 7 heteroatoms. The smallest absolute Gasteiger partial charge is 0.203 e. The Morgan fingerprint density at radius 3 is 2.29 bits per heavy atom. The summed E-state index contributed by atoms with van der Waals surface area (Å²) >= 11 is 6.27. The lowest BCUT2D eigenvalue weighted by Crippen LogP contribution is -2.43. The first kappa shape index (κ1) is 20.3. The van der Waals surface area contributed by atoms with Crippen LogP contribution in [-0.4, -0.2) is 63.6 Å². The molecule has 1 heterocycles. The van der Waals surface area contributed by atoms with Crippen molar-refractivity contribution in [2.24, 2.45) is 5.10 Å². The van der Waals surface area contributed by atoms with Crippen molar-refractivity contribution in [1.29, 1.82) is 0 Å². The quantitative estimate of drug-likeness (QED) is 0.662. The molecule has 0 saturated carbocycles. The summed E-state index contributed by atoms with van der Waals surface area (Å²) in [5, 5.41) is 7.52. The van der Waals surface area contributed by atoms with Gasteiger partial charge in [0, 0.05) is 43.3 Å². The van der Waals surface area contributed by atoms with E-state index >= 15 is 0 Å². The maximum absolute atomic E-state index is 6.27. The fraction of sp³-hybridized carbons (Fsp3) is 0.381. The first-order chi connectivity index (χ1) is 13.7. The SMILES string of the molecule is COc1ccc(C=NN2CCN(Cc3ccccc3Cl)CC2)c(OC)c1OC. The Kier molecular flexibility index (Phi) is 7.01. The Morgan fingerprint density at radius 1 is 0.929 bits per heavy atom. The van der Waals surface area contributed by atoms with Crippen molar-refractivity contribution in [3.63, 3.8) is 0 Å². The van der Waals surface area contributed by atoms with E-state index < -0.39 is 0 Å². The Balaban J connectivity index is 1.62. The fourth-order valence-corrected chi connectivity index (χ4v) is 3.44. The molecule has 3 rings (SSSR count). The van der Waals surface area contributed by atoms with Crippen molar-refractivity contribution in [1.82, 2.24) is 9.91 Å². The minimum atomic E-state index is 0.568. The van der Waals surface area contributed by atoms with Gasteiger partial charge in [0.05, 0.1) is 27.5 Å². The summed E-state index contributed by atoms with van der Waals surface area (Å²) < 4.78 is 16.3. The van der Waals surface area contributed by atoms with Crippen LogP contribution in [0.3, 0.4) is 0 Å². The molecule has 28 heavy (non-hydrogen) atoms. The summed E-state index contributed by atoms with van der Waals surface area (Å²) in [5.41, 5.74) is 2.01. The molecule has 2 aromatic carbocycles. The van der Waals surface area contributed by atoms with E-state index in [1.807, 2.05) is 36.5 Å². The molecule has 1 fully saturated rings. The number of hydrogen-bond donors (Lipinski definition) is 0. The van der Waals surface area contributed by atoms with Crippen LogP contribution in [0.5, 0.6) is 17.2 Å². The van der Waals surface area contributed by atoms with Crippen molar-refractivity contribution in [3.8, 4) is 17.2 Å². The lowest BCUT2D eigenvalue weighted by molar-refractivity contribution is 0.131. The summed E-state index contributed by atoms with van der Waals surface area (Å²) in [5.74, 6) is 1.81. The van der Waals surface area contributed by atoms with E-state index in [0.29, 0.717) is 17.2 Å². The van der Waals surface area contributed by atoms with Crippen LogP contribution in [0.4, 0.5) is 0 Å². The predicted molar refractivity (Wildman–Crippen MR) is 112 cm³/mol. The van der Waals surface area contributed by atoms with Gasteiger partial charge < -0.3 is 14.2 Å². The monoisotopic (exact) mass is 403 g/mol. The largest absolute Gasteiger partial charge is 0.493 e. The van der Waals surface area contributed by atoms with E-state index in [-0.39, 0.29) is 0 Å². The molecule has 0 spiro atoms. The molecule has 0 N–H and O–H groups in total. The lowest BCUT2D eigenvalue weighted by Gasteiger charge is -2.33. The third-order valence-corrected chi connectivity index (χ3v) is 5.16. The van der Waals surface area contributed by atoms with Gasteiger partial charge in [0.25, 0.3) is 0 Å². The van der Waals surface area contributed by atoms with Crippen molar-refractivity contribution >= 4 is 17.8 Å². The van der Waals surface area contributed by atoms with Crippen molar-refractivity contribution in [2.45, 2.75) is 6.54 Å². The van der Waals surface area contributed by atoms with Crippen LogP contribution in [0.1, 0.15) is 11.1 Å². The third kappa shape index (κ3) is 4.69. The van der Waals surface area contributed by atoms with E-state index in [9.17, 15) is 0 Å². The number of hydrogen-bond acceptors (Lipinski definition) is 6. The normalized spacial score (nSPS) is 15.1. The summed E-state index contributed by atoms with van der Waals surface area (Å²) in [7, 11) is 4.81. The van der Waals surface area contributed by atoms with E-state index in [2.05, 4.69) is 21.1 Å². The lowest BCUT2D eigenvalue weighted by atomic mass is 10.2. The zero-order valence-electron chi connectivity index (χ0n) is 16.5. The molecule has 150 valence electrons. The third-order valence-electron chi connectivity index (χ3n) is 4.80. The van der Waals surface area contributed by atoms with Gasteiger partial charge in [0.15, 0.2) is 11.5 Å². The second kappa shape index (κ2) is 9.66. The second-order valence-electron chi connectivity index (χ2n) is 6.49. The molecule has 0 radical (unpaired) electrons. The van der Waals surface area contributed by atoms with Crippen LogP contribution < -0.4 is 14.2 Å². The predicted octanol–water partition coefficient (Wildman–Crippen LogP) is 3.52. The average Bonchev–Trinajstić information content (AvgIpc) is 2.74. The molecule has 6 nitrogen and oxygen atoms in total. The van der Waals surface area contributed by atoms with Gasteiger partial charge in [-0.2, -0.15) is 5.10 Å². The Labute approximate surface area is 171 Å². The van der Waals surface area contributed by atoms with Crippen molar-refractivity contribution in [2.75, 3.05) is 47.5 Å². The highest BCUT2D eigenvalue weighted by atomic mass is 35.5. The number of rotatable bonds is 7. The maximum atomic E-state index is 6.27. The second-order valence-corrected chi connectivity index (χ2v) is 6.90. The number of nitrogens with zero attached hydrogens (tertiary/aromatic N) is 3. The summed E-state index contributed by atoms with van der Waals surface area (Å²) in [6.07, 6.45) is 1.81. The van der Waals surface area contributed by atoms with Gasteiger partial charge in [0.1, 0.15) is 0 Å². The number of ether oxygens (including phenoxy) is 3. The van der Waals surface area contributed by atoms with Crippen LogP contribution in [0.15, 0.2) is 41.5 Å². The number of methoxy groups -OCH3 is 3. The summed E-state index contributed by atoms with van der Waals surface area (Å²) in [6, 6.07) is 11.8. The van der Waals surface area contributed by atoms with Gasteiger partial charge in [-0.1, -0.05) is 29.8 Å². The number of benzene rings is 2. The number of hydrazone groups is 1. The first-order valence-electron chi connectivity index (χ1n) is 9.20. The van der Waals surface area contributed by atoms with E-state index in [1.165, 1.54) is 0 Å². The van der Waals surface area contributed by atoms with Gasteiger partial charge in [-0.15, -0.1) is 0 Å². The number of halogens is 1. The highest BCUT2D eigenvalue weighted by Gasteiger charge is 2.18. The Hall–Kier alpha value is -2.44. The van der Waals surface area contributed by atoms with Crippen molar-refractivity contribution < 1.29 is 14.2 Å². The fourth-order valence-electron chi connectivity index (χ4n) is 3.25. The number of piperazine rings is 1. The first-order valence-corrected chi connectivity index (χ1v) is 9.57. The topological polar surface area (TPSA) is 46.5 Å². The Morgan fingerprint density at radius 2 is 1.64 bits per heavy atom. The summed E-state index contributed by atoms with van der Waals surface area (Å²) in [6.45, 7) is 4.45. The summed E-state index contributed by atoms with van der Waals surface area (Å²) in [4.78, 5) is 2.39. The van der Waals surface area contributed by atoms with Gasteiger partial charge in [-0.25, -0.2) is 0 Å². The zero-order chi connectivity index (χ0) is 19.9. The molecule has 0 aromatic heterocycles. The molecule has 2 aromatic rings. The average molecular weight is 404 g/mol. The van der Waals surface area contributed by atoms with Gasteiger partial charge >= 0.3 is 0 Å². The van der Waals surface area contributed by atoms with Crippen LogP contribution in [0, 0.1) is 0 Å². The molecular weight excluding hydrogens is 378 g/mol. The molecule has 0 amide bonds. The molecule has 0 aliphatic carbocycles. The maximum Gasteiger partial charge on any atom is 0.203 e. The van der Waals surface area contributed by atoms with Crippen LogP contribution in [0.2, 0.25) is 5.02 Å². The van der Waals surface area contributed by atoms with E-state index in [4.69, 9.17) is 25.8 Å². The minimum absolute atomic E-state index is 0.568. The van der Waals surface area contributed by atoms with E-state index in [0.717, 1.165) is 48.9 Å². The molecule has 1 aliphatic heterocycles. The van der Waals surface area contributed by atoms with Crippen LogP contribution >= 0.6 is 11.6 Å². The molecule has 1 saturated heterocycles. The highest BCUT2D eigenvalue weighted by Crippen LogP contribution is 2.39. The molecule has 0 atom stereocenters.